The number of fused-ring (bicyclic) bond motifs is 2. The number of sulfonamides is 1. The number of ether oxygens (including phenoxy) is 3. The van der Waals surface area contributed by atoms with E-state index in [4.69, 9.17) is 18.6 Å². The number of nitrogens with zero attached hydrogens (tertiary/aromatic N) is 2. The highest BCUT2D eigenvalue weighted by atomic mass is 32.2. The number of hydrogen-bond donors (Lipinski definition) is 0. The Hall–Kier alpha value is -4.12. The molecular weight excluding hydrogens is 500 g/mol. The van der Waals surface area contributed by atoms with Gasteiger partial charge < -0.3 is 18.6 Å². The fourth-order valence-corrected chi connectivity index (χ4v) is 4.83. The Morgan fingerprint density at radius 2 is 1.73 bits per heavy atom. The molecule has 10 nitrogen and oxygen atoms in total. The number of aromatic nitrogens is 1. The first-order chi connectivity index (χ1) is 17.7. The second kappa shape index (κ2) is 10.9. The summed E-state index contributed by atoms with van der Waals surface area (Å²) in [5, 5.41) is 0.905. The van der Waals surface area contributed by atoms with E-state index in [0.717, 1.165) is 6.26 Å². The lowest BCUT2D eigenvalue weighted by molar-refractivity contribution is -0.117. The second-order valence-electron chi connectivity index (χ2n) is 8.19. The third kappa shape index (κ3) is 5.67. The maximum Gasteiger partial charge on any atom is 0.242 e. The second-order valence-corrected chi connectivity index (χ2v) is 10.0. The molecule has 0 unspecified atom stereocenters. The van der Waals surface area contributed by atoms with E-state index in [1.54, 1.807) is 42.5 Å². The van der Waals surface area contributed by atoms with Crippen molar-refractivity contribution in [2.75, 3.05) is 31.4 Å². The van der Waals surface area contributed by atoms with Gasteiger partial charge >= 0.3 is 0 Å². The number of methoxy groups -OCH3 is 2. The zero-order valence-corrected chi connectivity index (χ0v) is 21.4. The maximum absolute atomic E-state index is 12.9. The third-order valence-electron chi connectivity index (χ3n) is 5.60. The quantitative estimate of drug-likeness (QED) is 0.223. The molecule has 0 atom stereocenters. The number of rotatable bonds is 10. The SMILES string of the molecule is COc1ccc(N(C(=O)CCCCOc2ccc3oc4ccccc4c(=O)c3c2)S(C)(=O)=O)c(OC)n1. The largest absolute Gasteiger partial charge is 0.494 e. The van der Waals surface area contributed by atoms with Gasteiger partial charge in [0.2, 0.25) is 33.1 Å². The fourth-order valence-electron chi connectivity index (χ4n) is 3.87. The average Bonchev–Trinajstić information content (AvgIpc) is 2.88. The number of hydrogen-bond acceptors (Lipinski definition) is 9. The molecule has 0 saturated heterocycles. The van der Waals surface area contributed by atoms with Gasteiger partial charge in [-0.05, 0) is 49.2 Å². The predicted molar refractivity (Wildman–Crippen MR) is 139 cm³/mol. The van der Waals surface area contributed by atoms with Crippen LogP contribution in [0.4, 0.5) is 5.69 Å². The van der Waals surface area contributed by atoms with E-state index < -0.39 is 15.9 Å². The van der Waals surface area contributed by atoms with Crippen LogP contribution in [-0.2, 0) is 14.8 Å². The van der Waals surface area contributed by atoms with E-state index in [0.29, 0.717) is 44.8 Å². The summed E-state index contributed by atoms with van der Waals surface area (Å²) in [5.74, 6) is 0.0458. The molecule has 0 radical (unpaired) electrons. The van der Waals surface area contributed by atoms with E-state index in [9.17, 15) is 18.0 Å². The number of anilines is 1. The summed E-state index contributed by atoms with van der Waals surface area (Å²) in [6.07, 6.45) is 1.75. The zero-order chi connectivity index (χ0) is 26.6. The van der Waals surface area contributed by atoms with E-state index in [2.05, 4.69) is 4.98 Å². The van der Waals surface area contributed by atoms with Gasteiger partial charge in [-0.25, -0.2) is 12.7 Å². The number of amides is 1. The van der Waals surface area contributed by atoms with Gasteiger partial charge in [-0.3, -0.25) is 9.59 Å². The lowest BCUT2D eigenvalue weighted by Crippen LogP contribution is -2.36. The third-order valence-corrected chi connectivity index (χ3v) is 6.66. The lowest BCUT2D eigenvalue weighted by Gasteiger charge is -2.22. The predicted octanol–water partition coefficient (Wildman–Crippen LogP) is 3.90. The lowest BCUT2D eigenvalue weighted by atomic mass is 10.1. The Morgan fingerprint density at radius 1 is 0.973 bits per heavy atom. The Morgan fingerprint density at radius 3 is 2.46 bits per heavy atom. The molecular formula is C26H26N2O8S. The fraction of sp³-hybridized carbons (Fsp3) is 0.269. The number of benzene rings is 2. The topological polar surface area (TPSA) is 125 Å². The van der Waals surface area contributed by atoms with Gasteiger partial charge in [-0.1, -0.05) is 12.1 Å². The van der Waals surface area contributed by atoms with Gasteiger partial charge in [0.25, 0.3) is 0 Å². The first-order valence-corrected chi connectivity index (χ1v) is 13.3. The van der Waals surface area contributed by atoms with E-state index >= 15 is 0 Å². The molecule has 11 heteroatoms. The summed E-state index contributed by atoms with van der Waals surface area (Å²) in [4.78, 5) is 29.8. The van der Waals surface area contributed by atoms with Crippen molar-refractivity contribution in [2.24, 2.45) is 0 Å². The van der Waals surface area contributed by atoms with Crippen molar-refractivity contribution in [3.63, 3.8) is 0 Å². The first-order valence-electron chi connectivity index (χ1n) is 11.4. The highest BCUT2D eigenvalue weighted by molar-refractivity contribution is 7.92. The molecule has 37 heavy (non-hydrogen) atoms. The summed E-state index contributed by atoms with van der Waals surface area (Å²) in [6.45, 7) is 0.268. The van der Waals surface area contributed by atoms with Crippen LogP contribution in [0.3, 0.4) is 0 Å². The summed E-state index contributed by atoms with van der Waals surface area (Å²) in [6, 6.07) is 14.9. The molecule has 2 heterocycles. The Balaban J connectivity index is 1.39. The Bertz CT molecular complexity index is 1610. The molecule has 1 amide bonds. The van der Waals surface area contributed by atoms with Gasteiger partial charge in [0.05, 0.1) is 37.9 Å². The standard InChI is InChI=1S/C26H26N2O8S/c1-33-23-14-12-20(26(27-23)34-2)28(37(3,31)32)24(29)10-6-7-15-35-17-11-13-22-19(16-17)25(30)18-8-4-5-9-21(18)36-22/h4-5,8-9,11-14,16H,6-7,10,15H2,1-3H3. The smallest absolute Gasteiger partial charge is 0.242 e. The molecule has 0 fully saturated rings. The van der Waals surface area contributed by atoms with Crippen molar-refractivity contribution in [1.29, 1.82) is 0 Å². The van der Waals surface area contributed by atoms with Crippen LogP contribution >= 0.6 is 0 Å². The summed E-state index contributed by atoms with van der Waals surface area (Å²) in [5.41, 5.74) is 0.849. The minimum atomic E-state index is -3.94. The van der Waals surface area contributed by atoms with Crippen LogP contribution in [0, 0.1) is 0 Å². The summed E-state index contributed by atoms with van der Waals surface area (Å²) in [7, 11) is -1.20. The van der Waals surface area contributed by atoms with Gasteiger partial charge in [-0.2, -0.15) is 4.98 Å². The van der Waals surface area contributed by atoms with Crippen LogP contribution < -0.4 is 23.9 Å². The number of carbonyl (C=O) groups is 1. The summed E-state index contributed by atoms with van der Waals surface area (Å²) < 4.78 is 47.3. The van der Waals surface area contributed by atoms with Gasteiger partial charge in [-0.15, -0.1) is 0 Å². The number of unbranched alkanes of at least 4 members (excludes halogenated alkanes) is 1. The Kier molecular flexibility index (Phi) is 7.63. The highest BCUT2D eigenvalue weighted by Gasteiger charge is 2.28. The van der Waals surface area contributed by atoms with E-state index in [-0.39, 0.29) is 35.9 Å². The van der Waals surface area contributed by atoms with Gasteiger partial charge in [0.15, 0.2) is 0 Å². The monoisotopic (exact) mass is 526 g/mol. The van der Waals surface area contributed by atoms with Gasteiger partial charge in [0.1, 0.15) is 22.6 Å². The zero-order valence-electron chi connectivity index (χ0n) is 20.6. The number of carbonyl (C=O) groups excluding carboxylic acids is 1. The van der Waals surface area contributed by atoms with E-state index in [1.807, 2.05) is 0 Å². The molecule has 0 aliphatic rings. The van der Waals surface area contributed by atoms with E-state index in [1.165, 1.54) is 26.4 Å². The van der Waals surface area contributed by atoms with Crippen molar-refractivity contribution in [3.8, 4) is 17.5 Å². The molecule has 4 rings (SSSR count). The average molecular weight is 527 g/mol. The van der Waals surface area contributed by atoms with Crippen LogP contribution in [0.2, 0.25) is 0 Å². The van der Waals surface area contributed by atoms with Crippen molar-refractivity contribution in [1.82, 2.24) is 4.98 Å². The van der Waals surface area contributed by atoms with Crippen molar-refractivity contribution >= 4 is 43.6 Å². The molecule has 0 aliphatic carbocycles. The molecule has 0 aliphatic heterocycles. The molecule has 0 saturated carbocycles. The molecule has 0 N–H and O–H groups in total. The molecule has 0 spiro atoms. The molecule has 0 bridgehead atoms. The first kappa shape index (κ1) is 26.0. The van der Waals surface area contributed by atoms with Gasteiger partial charge in [0, 0.05) is 12.5 Å². The molecule has 194 valence electrons. The minimum Gasteiger partial charge on any atom is -0.494 e. The maximum atomic E-state index is 12.9. The number of para-hydroxylation sites is 1. The molecule has 2 aromatic heterocycles. The minimum absolute atomic E-state index is 0.00886. The normalized spacial score (nSPS) is 11.4. The Labute approximate surface area is 213 Å². The van der Waals surface area contributed by atoms with Crippen molar-refractivity contribution in [3.05, 3.63) is 64.8 Å². The van der Waals surface area contributed by atoms with Crippen LogP contribution in [0.5, 0.6) is 17.5 Å². The summed E-state index contributed by atoms with van der Waals surface area (Å²) >= 11 is 0. The van der Waals surface area contributed by atoms with Crippen LogP contribution in [0.1, 0.15) is 19.3 Å². The molecule has 4 aromatic rings. The van der Waals surface area contributed by atoms with Crippen molar-refractivity contribution < 1.29 is 31.8 Å². The molecule has 2 aromatic carbocycles. The highest BCUT2D eigenvalue weighted by Crippen LogP contribution is 2.31. The van der Waals surface area contributed by atoms with Crippen LogP contribution in [0.25, 0.3) is 21.9 Å². The van der Waals surface area contributed by atoms with Crippen LogP contribution in [-0.4, -0.2) is 46.4 Å². The van der Waals surface area contributed by atoms with Crippen molar-refractivity contribution in [2.45, 2.75) is 19.3 Å². The number of pyridine rings is 1. The van der Waals surface area contributed by atoms with Crippen LogP contribution in [0.15, 0.2) is 63.8 Å².